The van der Waals surface area contributed by atoms with Crippen LogP contribution >= 0.6 is 0 Å². The Balaban J connectivity index is 2.94. The molecule has 0 spiro atoms. The first-order valence-electron chi connectivity index (χ1n) is 5.68. The summed E-state index contributed by atoms with van der Waals surface area (Å²) in [5.41, 5.74) is 1.53. The van der Waals surface area contributed by atoms with E-state index in [1.807, 2.05) is 0 Å². The highest BCUT2D eigenvalue weighted by molar-refractivity contribution is 6.61. The Kier molecular flexibility index (Phi) is 4.23. The molecule has 0 amide bonds. The van der Waals surface area contributed by atoms with Gasteiger partial charge in [-0.2, -0.15) is 0 Å². The molecule has 0 radical (unpaired) electrons. The smallest absolute Gasteiger partial charge is 0.0961 e. The first-order valence-corrected chi connectivity index (χ1v) is 7.89. The zero-order valence-electron chi connectivity index (χ0n) is 9.88. The molecule has 0 aliphatic heterocycles. The highest BCUT2D eigenvalue weighted by Gasteiger charge is 2.33. The molecule has 1 aromatic rings. The first kappa shape index (κ1) is 11.8. The average molecular weight is 204 g/mol. The first-order chi connectivity index (χ1) is 6.62. The monoisotopic (exact) mass is 204 g/mol. The maximum Gasteiger partial charge on any atom is 0.274 e. The molecule has 0 nitrogen and oxygen atoms in total. The highest BCUT2D eigenvalue weighted by atomic mass is 27.2. The van der Waals surface area contributed by atoms with Crippen molar-refractivity contribution in [3.8, 4) is 0 Å². The highest BCUT2D eigenvalue weighted by Crippen LogP contribution is 2.29. The molecule has 76 valence electrons. The van der Waals surface area contributed by atoms with Crippen LogP contribution in [0.3, 0.4) is 0 Å². The predicted octanol–water partition coefficient (Wildman–Crippen LogP) is 4.04. The van der Waals surface area contributed by atoms with Crippen LogP contribution in [0.2, 0.25) is 10.6 Å². The van der Waals surface area contributed by atoms with E-state index in [-0.39, 0.29) is 0 Å². The minimum atomic E-state index is -0.628. The summed E-state index contributed by atoms with van der Waals surface area (Å²) in [7, 11) is 0. The standard InChI is InChI=1S/C9H11.2C2H5.Al/c1-8(2)9-6-4-3-5-7-9;2*1-2;/h3-7H,1-2H3;2*1H2,2H3;. The second-order valence-corrected chi connectivity index (χ2v) is 9.07. The van der Waals surface area contributed by atoms with Crippen LogP contribution in [-0.2, 0) is 4.28 Å². The molecule has 0 aromatic heterocycles. The van der Waals surface area contributed by atoms with Crippen molar-refractivity contribution in [1.82, 2.24) is 0 Å². The van der Waals surface area contributed by atoms with Gasteiger partial charge in [-0.1, -0.05) is 78.4 Å². The Morgan fingerprint density at radius 2 is 1.50 bits per heavy atom. The minimum Gasteiger partial charge on any atom is -0.0961 e. The zero-order valence-corrected chi connectivity index (χ0v) is 11.0. The van der Waals surface area contributed by atoms with Crippen LogP contribution in [-0.4, -0.2) is 14.1 Å². The van der Waals surface area contributed by atoms with Crippen molar-refractivity contribution in [2.24, 2.45) is 0 Å². The van der Waals surface area contributed by atoms with Crippen LogP contribution in [0.5, 0.6) is 0 Å². The average Bonchev–Trinajstić information content (AvgIpc) is 2.20. The van der Waals surface area contributed by atoms with Crippen LogP contribution in [0.1, 0.15) is 33.3 Å². The molecule has 0 saturated heterocycles. The third kappa shape index (κ3) is 2.41. The van der Waals surface area contributed by atoms with Gasteiger partial charge in [0.15, 0.2) is 0 Å². The van der Waals surface area contributed by atoms with E-state index in [1.54, 1.807) is 0 Å². The van der Waals surface area contributed by atoms with E-state index in [1.165, 1.54) is 16.1 Å². The molecule has 14 heavy (non-hydrogen) atoms. The lowest BCUT2D eigenvalue weighted by Crippen LogP contribution is -2.36. The van der Waals surface area contributed by atoms with Gasteiger partial charge in [-0.25, -0.2) is 0 Å². The molecule has 1 rings (SSSR count). The summed E-state index contributed by atoms with van der Waals surface area (Å²) >= 11 is -0.628. The van der Waals surface area contributed by atoms with Crippen molar-refractivity contribution in [3.05, 3.63) is 35.9 Å². The fraction of sp³-hybridized carbons (Fsp3) is 0.538. The summed E-state index contributed by atoms with van der Waals surface area (Å²) in [4.78, 5) is 0. The van der Waals surface area contributed by atoms with Gasteiger partial charge in [-0.15, -0.1) is 0 Å². The molecule has 0 unspecified atom stereocenters. The molecular formula is C13H21Al. The molecule has 0 aliphatic rings. The van der Waals surface area contributed by atoms with Gasteiger partial charge in [-0.3, -0.25) is 0 Å². The Labute approximate surface area is 92.7 Å². The largest absolute Gasteiger partial charge is 0.274 e. The summed E-state index contributed by atoms with van der Waals surface area (Å²) in [6, 6.07) is 11.0. The van der Waals surface area contributed by atoms with Crippen molar-refractivity contribution in [3.63, 3.8) is 0 Å². The van der Waals surface area contributed by atoms with Gasteiger partial charge in [0.05, 0.1) is 0 Å². The maximum atomic E-state index is 2.42. The molecule has 0 saturated carbocycles. The van der Waals surface area contributed by atoms with E-state index in [0.29, 0.717) is 4.28 Å². The van der Waals surface area contributed by atoms with E-state index in [2.05, 4.69) is 58.0 Å². The number of hydrogen-bond donors (Lipinski definition) is 0. The molecule has 0 atom stereocenters. The van der Waals surface area contributed by atoms with E-state index >= 15 is 0 Å². The van der Waals surface area contributed by atoms with Gasteiger partial charge in [0, 0.05) is 0 Å². The Morgan fingerprint density at radius 1 is 1.00 bits per heavy atom. The van der Waals surface area contributed by atoms with Crippen LogP contribution < -0.4 is 0 Å². The number of hydrogen-bond acceptors (Lipinski definition) is 0. The van der Waals surface area contributed by atoms with E-state index in [4.69, 9.17) is 0 Å². The molecule has 0 aliphatic carbocycles. The van der Waals surface area contributed by atoms with Crippen molar-refractivity contribution < 1.29 is 0 Å². The van der Waals surface area contributed by atoms with Crippen LogP contribution in [0.25, 0.3) is 0 Å². The van der Waals surface area contributed by atoms with Crippen LogP contribution in [0.15, 0.2) is 30.3 Å². The molecular weight excluding hydrogens is 183 g/mol. The number of rotatable bonds is 4. The second kappa shape index (κ2) is 5.01. The van der Waals surface area contributed by atoms with Crippen molar-refractivity contribution in [2.45, 2.75) is 42.5 Å². The van der Waals surface area contributed by atoms with E-state index in [0.717, 1.165) is 0 Å². The molecule has 0 heterocycles. The molecule has 0 bridgehead atoms. The lowest BCUT2D eigenvalue weighted by molar-refractivity contribution is 0.724. The Bertz CT molecular complexity index is 260. The van der Waals surface area contributed by atoms with Crippen LogP contribution in [0, 0.1) is 0 Å². The maximum absolute atomic E-state index is 2.42. The molecule has 1 heteroatoms. The normalized spacial score (nSPS) is 11.4. The number of benzene rings is 1. The second-order valence-electron chi connectivity index (χ2n) is 4.60. The zero-order chi connectivity index (χ0) is 10.6. The third-order valence-electron chi connectivity index (χ3n) is 3.52. The Morgan fingerprint density at radius 3 is 1.93 bits per heavy atom. The predicted molar refractivity (Wildman–Crippen MR) is 66.2 cm³/mol. The summed E-state index contributed by atoms with van der Waals surface area (Å²) in [5, 5.41) is 2.80. The molecule has 0 N–H and O–H groups in total. The quantitative estimate of drug-likeness (QED) is 0.649. The van der Waals surface area contributed by atoms with Crippen LogP contribution in [0.4, 0.5) is 0 Å². The van der Waals surface area contributed by atoms with E-state index < -0.39 is 14.1 Å². The summed E-state index contributed by atoms with van der Waals surface area (Å²) in [6.45, 7) is 9.55. The van der Waals surface area contributed by atoms with Crippen molar-refractivity contribution in [1.29, 1.82) is 0 Å². The minimum absolute atomic E-state index is 0.449. The van der Waals surface area contributed by atoms with Gasteiger partial charge in [-0.05, 0) is 0 Å². The Hall–Kier alpha value is -0.248. The van der Waals surface area contributed by atoms with E-state index in [9.17, 15) is 0 Å². The summed E-state index contributed by atoms with van der Waals surface area (Å²) < 4.78 is 0.449. The molecule has 1 aromatic carbocycles. The van der Waals surface area contributed by atoms with Gasteiger partial charge in [0.1, 0.15) is 0 Å². The SMILES string of the molecule is C[CH2][Al]([CH2]C)[C](C)(C)c1ccccc1. The van der Waals surface area contributed by atoms with Gasteiger partial charge < -0.3 is 0 Å². The fourth-order valence-electron chi connectivity index (χ4n) is 2.41. The van der Waals surface area contributed by atoms with Crippen molar-refractivity contribution in [2.75, 3.05) is 0 Å². The summed E-state index contributed by atoms with van der Waals surface area (Å²) in [6.07, 6.45) is 0. The summed E-state index contributed by atoms with van der Waals surface area (Å²) in [5.74, 6) is 0. The van der Waals surface area contributed by atoms with Gasteiger partial charge >= 0.3 is 0 Å². The lowest BCUT2D eigenvalue weighted by atomic mass is 10.0. The third-order valence-corrected chi connectivity index (χ3v) is 7.87. The molecule has 0 fully saturated rings. The lowest BCUT2D eigenvalue weighted by Gasteiger charge is -2.30. The van der Waals surface area contributed by atoms with Gasteiger partial charge in [0.2, 0.25) is 0 Å². The van der Waals surface area contributed by atoms with Gasteiger partial charge in [0.25, 0.3) is 14.1 Å². The fourth-order valence-corrected chi connectivity index (χ4v) is 5.70. The van der Waals surface area contributed by atoms with Crippen molar-refractivity contribution >= 4 is 14.1 Å². The topological polar surface area (TPSA) is 0 Å².